The number of rotatable bonds is 7. The van der Waals surface area contributed by atoms with Gasteiger partial charge in [0, 0.05) is 18.9 Å². The first-order valence-corrected chi connectivity index (χ1v) is 6.42. The SMILES string of the molecule is CCCC(C(=O)OCC)c1nccn1CCC. The smallest absolute Gasteiger partial charge is 0.316 e. The molecule has 96 valence electrons. The Labute approximate surface area is 103 Å². The van der Waals surface area contributed by atoms with Gasteiger partial charge in [-0.3, -0.25) is 4.79 Å². The van der Waals surface area contributed by atoms with Crippen LogP contribution in [0.5, 0.6) is 0 Å². The Bertz CT molecular complexity index is 347. The Balaban J connectivity index is 2.88. The van der Waals surface area contributed by atoms with Crippen LogP contribution in [-0.4, -0.2) is 22.1 Å². The second-order valence-corrected chi connectivity index (χ2v) is 4.07. The molecule has 0 aromatic carbocycles. The number of ether oxygens (including phenoxy) is 1. The van der Waals surface area contributed by atoms with E-state index >= 15 is 0 Å². The van der Waals surface area contributed by atoms with Gasteiger partial charge in [0.15, 0.2) is 0 Å². The molecule has 0 fully saturated rings. The molecule has 0 N–H and O–H groups in total. The average Bonchev–Trinajstić information content (AvgIpc) is 2.75. The third kappa shape index (κ3) is 3.58. The van der Waals surface area contributed by atoms with Gasteiger partial charge in [-0.15, -0.1) is 0 Å². The highest BCUT2D eigenvalue weighted by Gasteiger charge is 2.25. The highest BCUT2D eigenvalue weighted by Crippen LogP contribution is 2.21. The van der Waals surface area contributed by atoms with E-state index < -0.39 is 0 Å². The predicted octanol–water partition coefficient (Wildman–Crippen LogP) is 2.74. The van der Waals surface area contributed by atoms with E-state index in [0.717, 1.165) is 31.6 Å². The van der Waals surface area contributed by atoms with Crippen LogP contribution >= 0.6 is 0 Å². The van der Waals surface area contributed by atoms with Crippen LogP contribution in [0, 0.1) is 0 Å². The fourth-order valence-electron chi connectivity index (χ4n) is 1.94. The molecule has 1 unspecified atom stereocenters. The highest BCUT2D eigenvalue weighted by atomic mass is 16.5. The number of aryl methyl sites for hydroxylation is 1. The normalized spacial score (nSPS) is 12.4. The fraction of sp³-hybridized carbons (Fsp3) is 0.692. The summed E-state index contributed by atoms with van der Waals surface area (Å²) >= 11 is 0. The number of imidazole rings is 1. The third-order valence-corrected chi connectivity index (χ3v) is 2.67. The van der Waals surface area contributed by atoms with Crippen molar-refractivity contribution in [2.24, 2.45) is 0 Å². The number of nitrogens with zero attached hydrogens (tertiary/aromatic N) is 2. The van der Waals surface area contributed by atoms with Gasteiger partial charge in [-0.2, -0.15) is 0 Å². The third-order valence-electron chi connectivity index (χ3n) is 2.67. The molecule has 1 atom stereocenters. The van der Waals surface area contributed by atoms with Gasteiger partial charge >= 0.3 is 5.97 Å². The zero-order valence-corrected chi connectivity index (χ0v) is 11.0. The van der Waals surface area contributed by atoms with Crippen molar-refractivity contribution in [3.8, 4) is 0 Å². The minimum Gasteiger partial charge on any atom is -0.465 e. The number of hydrogen-bond donors (Lipinski definition) is 0. The van der Waals surface area contributed by atoms with Crippen LogP contribution in [0.3, 0.4) is 0 Å². The number of carbonyl (C=O) groups is 1. The molecule has 4 heteroatoms. The lowest BCUT2D eigenvalue weighted by Crippen LogP contribution is -2.20. The average molecular weight is 238 g/mol. The molecule has 4 nitrogen and oxygen atoms in total. The van der Waals surface area contributed by atoms with Crippen LogP contribution in [0.25, 0.3) is 0 Å². The minimum atomic E-state index is -0.221. The van der Waals surface area contributed by atoms with Gasteiger partial charge in [0.1, 0.15) is 11.7 Å². The van der Waals surface area contributed by atoms with E-state index in [-0.39, 0.29) is 11.9 Å². The van der Waals surface area contributed by atoms with Gasteiger partial charge in [0.05, 0.1) is 6.61 Å². The van der Waals surface area contributed by atoms with E-state index in [1.54, 1.807) is 6.20 Å². The maximum Gasteiger partial charge on any atom is 0.316 e. The van der Waals surface area contributed by atoms with Gasteiger partial charge in [-0.25, -0.2) is 4.98 Å². The largest absolute Gasteiger partial charge is 0.465 e. The standard InChI is InChI=1S/C13H22N2O2/c1-4-7-11(13(16)17-6-3)12-14-8-10-15(12)9-5-2/h8,10-11H,4-7,9H2,1-3H3. The summed E-state index contributed by atoms with van der Waals surface area (Å²) in [6.07, 6.45) is 6.46. The van der Waals surface area contributed by atoms with Gasteiger partial charge in [-0.1, -0.05) is 20.3 Å². The molecule has 0 bridgehead atoms. The van der Waals surface area contributed by atoms with E-state index in [4.69, 9.17) is 4.74 Å². The second-order valence-electron chi connectivity index (χ2n) is 4.07. The Morgan fingerprint density at radius 2 is 2.18 bits per heavy atom. The Hall–Kier alpha value is -1.32. The van der Waals surface area contributed by atoms with E-state index in [0.29, 0.717) is 6.61 Å². The highest BCUT2D eigenvalue weighted by molar-refractivity contribution is 5.77. The topological polar surface area (TPSA) is 44.1 Å². The van der Waals surface area contributed by atoms with Crippen molar-refractivity contribution in [3.05, 3.63) is 18.2 Å². The quantitative estimate of drug-likeness (QED) is 0.686. The second kappa shape index (κ2) is 7.09. The summed E-state index contributed by atoms with van der Waals surface area (Å²) in [5.74, 6) is 0.464. The summed E-state index contributed by atoms with van der Waals surface area (Å²) in [5, 5.41) is 0. The van der Waals surface area contributed by atoms with Crippen molar-refractivity contribution < 1.29 is 9.53 Å². The zero-order valence-electron chi connectivity index (χ0n) is 11.0. The van der Waals surface area contributed by atoms with E-state index in [9.17, 15) is 4.79 Å². The first-order chi connectivity index (χ1) is 8.24. The van der Waals surface area contributed by atoms with Crippen molar-refractivity contribution >= 4 is 5.97 Å². The lowest BCUT2D eigenvalue weighted by atomic mass is 10.0. The van der Waals surface area contributed by atoms with Crippen molar-refractivity contribution in [3.63, 3.8) is 0 Å². The number of hydrogen-bond acceptors (Lipinski definition) is 3. The number of esters is 1. The molecule has 0 aliphatic carbocycles. The van der Waals surface area contributed by atoms with Crippen LogP contribution < -0.4 is 0 Å². The van der Waals surface area contributed by atoms with E-state index in [2.05, 4.69) is 23.4 Å². The Morgan fingerprint density at radius 1 is 1.41 bits per heavy atom. The van der Waals surface area contributed by atoms with Gasteiger partial charge in [0.25, 0.3) is 0 Å². The van der Waals surface area contributed by atoms with Crippen LogP contribution in [0.1, 0.15) is 51.8 Å². The summed E-state index contributed by atoms with van der Waals surface area (Å²) < 4.78 is 7.17. The van der Waals surface area contributed by atoms with Gasteiger partial charge < -0.3 is 9.30 Å². The van der Waals surface area contributed by atoms with E-state index in [1.807, 2.05) is 13.1 Å². The molecule has 1 rings (SSSR count). The molecule has 0 saturated heterocycles. The van der Waals surface area contributed by atoms with Crippen molar-refractivity contribution in [2.75, 3.05) is 6.61 Å². The van der Waals surface area contributed by atoms with Crippen molar-refractivity contribution in [1.29, 1.82) is 0 Å². The maximum atomic E-state index is 11.9. The van der Waals surface area contributed by atoms with Crippen LogP contribution in [0.15, 0.2) is 12.4 Å². The Kier molecular flexibility index (Phi) is 5.73. The van der Waals surface area contributed by atoms with E-state index in [1.165, 1.54) is 0 Å². The van der Waals surface area contributed by atoms with Gasteiger partial charge in [0.2, 0.25) is 0 Å². The lowest BCUT2D eigenvalue weighted by Gasteiger charge is -2.16. The van der Waals surface area contributed by atoms with Crippen molar-refractivity contribution in [2.45, 2.75) is 52.5 Å². The molecule has 0 spiro atoms. The van der Waals surface area contributed by atoms with Crippen LogP contribution in [0.2, 0.25) is 0 Å². The zero-order chi connectivity index (χ0) is 12.7. The molecule has 0 aliphatic rings. The van der Waals surface area contributed by atoms with Crippen LogP contribution in [0.4, 0.5) is 0 Å². The molecule has 0 amide bonds. The molecule has 1 aromatic rings. The molecular weight excluding hydrogens is 216 g/mol. The summed E-state index contributed by atoms with van der Waals surface area (Å²) in [6.45, 7) is 7.34. The first kappa shape index (κ1) is 13.7. The number of aromatic nitrogens is 2. The minimum absolute atomic E-state index is 0.155. The first-order valence-electron chi connectivity index (χ1n) is 6.42. The molecule has 0 radical (unpaired) electrons. The summed E-state index contributed by atoms with van der Waals surface area (Å²) in [7, 11) is 0. The Morgan fingerprint density at radius 3 is 2.76 bits per heavy atom. The molecule has 0 saturated carbocycles. The lowest BCUT2D eigenvalue weighted by molar-refractivity contribution is -0.145. The predicted molar refractivity (Wildman–Crippen MR) is 66.8 cm³/mol. The molecule has 17 heavy (non-hydrogen) atoms. The maximum absolute atomic E-state index is 11.9. The molecule has 1 aromatic heterocycles. The molecule has 0 aliphatic heterocycles. The molecule has 1 heterocycles. The summed E-state index contributed by atoms with van der Waals surface area (Å²) in [4.78, 5) is 16.2. The van der Waals surface area contributed by atoms with Gasteiger partial charge in [-0.05, 0) is 19.8 Å². The number of carbonyl (C=O) groups excluding carboxylic acids is 1. The monoisotopic (exact) mass is 238 g/mol. The fourth-order valence-corrected chi connectivity index (χ4v) is 1.94. The van der Waals surface area contributed by atoms with Crippen molar-refractivity contribution in [1.82, 2.24) is 9.55 Å². The van der Waals surface area contributed by atoms with Crippen LogP contribution in [-0.2, 0) is 16.1 Å². The summed E-state index contributed by atoms with van der Waals surface area (Å²) in [6, 6.07) is 0. The summed E-state index contributed by atoms with van der Waals surface area (Å²) in [5.41, 5.74) is 0. The molecular formula is C13H22N2O2.